The zero-order valence-electron chi connectivity index (χ0n) is 11.9. The zero-order valence-corrected chi connectivity index (χ0v) is 11.9. The maximum atomic E-state index is 5.05. The van der Waals surface area contributed by atoms with Crippen molar-refractivity contribution in [3.05, 3.63) is 17.8 Å². The molecule has 4 nitrogen and oxygen atoms in total. The van der Waals surface area contributed by atoms with Crippen LogP contribution in [0.15, 0.2) is 12.1 Å². The van der Waals surface area contributed by atoms with E-state index in [0.29, 0.717) is 17.8 Å². The average molecular weight is 251 g/mol. The topological polar surface area (TPSA) is 47.0 Å². The molecule has 0 aliphatic heterocycles. The quantitative estimate of drug-likeness (QED) is 0.771. The third-order valence-electron chi connectivity index (χ3n) is 3.32. The first-order chi connectivity index (χ1) is 8.76. The molecule has 0 saturated heterocycles. The van der Waals surface area contributed by atoms with Crippen molar-refractivity contribution in [3.63, 3.8) is 0 Å². The molecule has 1 heterocycles. The molecule has 1 aromatic heterocycles. The predicted molar refractivity (Wildman–Crippen MR) is 73.7 cm³/mol. The van der Waals surface area contributed by atoms with E-state index in [-0.39, 0.29) is 0 Å². The fourth-order valence-corrected chi connectivity index (χ4v) is 2.18. The number of hydrogen-bond donors (Lipinski definition) is 1. The van der Waals surface area contributed by atoms with E-state index >= 15 is 0 Å². The smallest absolute Gasteiger partial charge is 0.233 e. The van der Waals surface area contributed by atoms with E-state index in [2.05, 4.69) is 36.3 Å². The second-order valence-corrected chi connectivity index (χ2v) is 4.51. The van der Waals surface area contributed by atoms with Gasteiger partial charge in [0.1, 0.15) is 0 Å². The maximum Gasteiger partial charge on any atom is 0.233 e. The van der Waals surface area contributed by atoms with Crippen molar-refractivity contribution in [1.82, 2.24) is 15.5 Å². The number of nitrogens with zero attached hydrogens (tertiary/aromatic N) is 2. The minimum absolute atomic E-state index is 0.290. The van der Waals surface area contributed by atoms with Crippen LogP contribution in [0.4, 0.5) is 0 Å². The summed E-state index contributed by atoms with van der Waals surface area (Å²) < 4.78 is 5.05. The fourth-order valence-electron chi connectivity index (χ4n) is 2.18. The van der Waals surface area contributed by atoms with Crippen molar-refractivity contribution >= 4 is 0 Å². The molecule has 102 valence electrons. The van der Waals surface area contributed by atoms with Crippen molar-refractivity contribution in [3.8, 4) is 5.88 Å². The summed E-state index contributed by atoms with van der Waals surface area (Å²) in [7, 11) is 1.61. The SMILES string of the molecule is CCCNC(c1ccc(OC)nn1)C(CC)CC. The van der Waals surface area contributed by atoms with Gasteiger partial charge in [-0.3, -0.25) is 0 Å². The summed E-state index contributed by atoms with van der Waals surface area (Å²) in [5, 5.41) is 11.9. The highest BCUT2D eigenvalue weighted by atomic mass is 16.5. The lowest BCUT2D eigenvalue weighted by atomic mass is 9.91. The molecule has 0 saturated carbocycles. The number of methoxy groups -OCH3 is 1. The van der Waals surface area contributed by atoms with Crippen LogP contribution in [-0.2, 0) is 0 Å². The van der Waals surface area contributed by atoms with Gasteiger partial charge in [-0.1, -0.05) is 33.6 Å². The van der Waals surface area contributed by atoms with E-state index in [9.17, 15) is 0 Å². The third-order valence-corrected chi connectivity index (χ3v) is 3.32. The highest BCUT2D eigenvalue weighted by Gasteiger charge is 2.21. The van der Waals surface area contributed by atoms with Gasteiger partial charge in [0, 0.05) is 6.07 Å². The Morgan fingerprint density at radius 3 is 2.33 bits per heavy atom. The van der Waals surface area contributed by atoms with Crippen molar-refractivity contribution in [2.75, 3.05) is 13.7 Å². The molecular formula is C14H25N3O. The highest BCUT2D eigenvalue weighted by molar-refractivity contribution is 5.14. The van der Waals surface area contributed by atoms with Crippen LogP contribution in [-0.4, -0.2) is 23.9 Å². The summed E-state index contributed by atoms with van der Waals surface area (Å²) in [5.74, 6) is 1.16. The lowest BCUT2D eigenvalue weighted by Crippen LogP contribution is -2.29. The number of ether oxygens (including phenoxy) is 1. The number of rotatable bonds is 8. The zero-order chi connectivity index (χ0) is 13.4. The van der Waals surface area contributed by atoms with Crippen LogP contribution in [0.1, 0.15) is 51.8 Å². The van der Waals surface area contributed by atoms with Crippen LogP contribution in [0.5, 0.6) is 5.88 Å². The van der Waals surface area contributed by atoms with E-state index in [1.807, 2.05) is 12.1 Å². The van der Waals surface area contributed by atoms with Crippen LogP contribution < -0.4 is 10.1 Å². The van der Waals surface area contributed by atoms with Crippen molar-refractivity contribution in [2.45, 2.75) is 46.1 Å². The second-order valence-electron chi connectivity index (χ2n) is 4.51. The summed E-state index contributed by atoms with van der Waals surface area (Å²) in [6, 6.07) is 4.18. The van der Waals surface area contributed by atoms with Crippen LogP contribution in [0.3, 0.4) is 0 Å². The molecule has 0 spiro atoms. The van der Waals surface area contributed by atoms with Crippen LogP contribution in [0.2, 0.25) is 0 Å². The van der Waals surface area contributed by atoms with Crippen molar-refractivity contribution < 1.29 is 4.74 Å². The Balaban J connectivity index is 2.85. The minimum Gasteiger partial charge on any atom is -0.480 e. The first-order valence-electron chi connectivity index (χ1n) is 6.87. The van der Waals surface area contributed by atoms with Gasteiger partial charge in [0.25, 0.3) is 0 Å². The summed E-state index contributed by atoms with van der Waals surface area (Å²) in [6.45, 7) is 7.64. The molecule has 4 heteroatoms. The van der Waals surface area contributed by atoms with E-state index in [4.69, 9.17) is 4.74 Å². The van der Waals surface area contributed by atoms with E-state index in [1.54, 1.807) is 7.11 Å². The second kappa shape index (κ2) is 8.03. The predicted octanol–water partition coefficient (Wildman–Crippen LogP) is 2.96. The number of nitrogens with one attached hydrogen (secondary N) is 1. The molecule has 1 aromatic rings. The molecule has 1 atom stereocenters. The Bertz CT molecular complexity index is 322. The number of hydrogen-bond acceptors (Lipinski definition) is 4. The molecule has 18 heavy (non-hydrogen) atoms. The average Bonchev–Trinajstić information content (AvgIpc) is 2.43. The van der Waals surface area contributed by atoms with Gasteiger partial charge in [0.2, 0.25) is 5.88 Å². The van der Waals surface area contributed by atoms with Gasteiger partial charge < -0.3 is 10.1 Å². The molecular weight excluding hydrogens is 226 g/mol. The Hall–Kier alpha value is -1.16. The Morgan fingerprint density at radius 1 is 1.17 bits per heavy atom. The van der Waals surface area contributed by atoms with Gasteiger partial charge in [-0.2, -0.15) is 5.10 Å². The Labute approximate surface area is 110 Å². The summed E-state index contributed by atoms with van der Waals surface area (Å²) in [5.41, 5.74) is 1.01. The molecule has 1 unspecified atom stereocenters. The fraction of sp³-hybridized carbons (Fsp3) is 0.714. The van der Waals surface area contributed by atoms with E-state index < -0.39 is 0 Å². The third kappa shape index (κ3) is 3.95. The van der Waals surface area contributed by atoms with Gasteiger partial charge in [0.15, 0.2) is 0 Å². The van der Waals surface area contributed by atoms with Crippen LogP contribution >= 0.6 is 0 Å². The molecule has 1 rings (SSSR count). The molecule has 0 aromatic carbocycles. The van der Waals surface area contributed by atoms with Crippen LogP contribution in [0.25, 0.3) is 0 Å². The van der Waals surface area contributed by atoms with Gasteiger partial charge in [0.05, 0.1) is 18.8 Å². The Kier molecular flexibility index (Phi) is 6.65. The number of aromatic nitrogens is 2. The molecule has 0 aliphatic carbocycles. The standard InChI is InChI=1S/C14H25N3O/c1-5-10-15-14(11(6-2)7-3)12-8-9-13(18-4)17-16-12/h8-9,11,14-15H,5-7,10H2,1-4H3. The van der Waals surface area contributed by atoms with Crippen LogP contribution in [0, 0.1) is 5.92 Å². The lowest BCUT2D eigenvalue weighted by molar-refractivity contribution is 0.330. The molecule has 0 aliphatic rings. The highest BCUT2D eigenvalue weighted by Crippen LogP contribution is 2.26. The lowest BCUT2D eigenvalue weighted by Gasteiger charge is -2.25. The maximum absolute atomic E-state index is 5.05. The first kappa shape index (κ1) is 14.9. The Morgan fingerprint density at radius 2 is 1.89 bits per heavy atom. The summed E-state index contributed by atoms with van der Waals surface area (Å²) in [6.07, 6.45) is 3.41. The van der Waals surface area contributed by atoms with Gasteiger partial charge in [-0.25, -0.2) is 0 Å². The molecule has 0 amide bonds. The van der Waals surface area contributed by atoms with Gasteiger partial charge in [-0.05, 0) is 24.9 Å². The molecule has 0 radical (unpaired) electrons. The van der Waals surface area contributed by atoms with E-state index in [1.165, 1.54) is 0 Å². The summed E-state index contributed by atoms with van der Waals surface area (Å²) in [4.78, 5) is 0. The monoisotopic (exact) mass is 251 g/mol. The molecule has 1 N–H and O–H groups in total. The van der Waals surface area contributed by atoms with Gasteiger partial charge in [-0.15, -0.1) is 5.10 Å². The van der Waals surface area contributed by atoms with Crippen molar-refractivity contribution in [1.29, 1.82) is 0 Å². The normalized spacial score (nSPS) is 12.7. The minimum atomic E-state index is 0.290. The van der Waals surface area contributed by atoms with Crippen molar-refractivity contribution in [2.24, 2.45) is 5.92 Å². The molecule has 0 bridgehead atoms. The first-order valence-corrected chi connectivity index (χ1v) is 6.87. The molecule has 0 fully saturated rings. The van der Waals surface area contributed by atoms with E-state index in [0.717, 1.165) is 31.5 Å². The van der Waals surface area contributed by atoms with Gasteiger partial charge >= 0.3 is 0 Å². The largest absolute Gasteiger partial charge is 0.480 e. The summed E-state index contributed by atoms with van der Waals surface area (Å²) >= 11 is 0.